The summed E-state index contributed by atoms with van der Waals surface area (Å²) in [6.07, 6.45) is 3.32. The molecule has 0 bridgehead atoms. The molecule has 0 radical (unpaired) electrons. The SMILES string of the molecule is CC(C)(O)C(=O)NCc1ccncc1. The van der Waals surface area contributed by atoms with Crippen LogP contribution in [-0.2, 0) is 11.3 Å². The van der Waals surface area contributed by atoms with E-state index in [0.29, 0.717) is 6.54 Å². The highest BCUT2D eigenvalue weighted by Crippen LogP contribution is 2.01. The van der Waals surface area contributed by atoms with Gasteiger partial charge in [0, 0.05) is 18.9 Å². The average molecular weight is 194 g/mol. The molecule has 1 heterocycles. The predicted molar refractivity (Wildman–Crippen MR) is 52.4 cm³/mol. The third-order valence-corrected chi connectivity index (χ3v) is 1.76. The molecular weight excluding hydrogens is 180 g/mol. The number of hydrogen-bond donors (Lipinski definition) is 2. The lowest BCUT2D eigenvalue weighted by Gasteiger charge is -2.16. The van der Waals surface area contributed by atoms with Crippen LogP contribution in [0.4, 0.5) is 0 Å². The summed E-state index contributed by atoms with van der Waals surface area (Å²) in [6, 6.07) is 3.62. The van der Waals surface area contributed by atoms with Crippen LogP contribution in [0, 0.1) is 0 Å². The molecule has 0 aliphatic rings. The lowest BCUT2D eigenvalue weighted by Crippen LogP contribution is -2.41. The zero-order valence-electron chi connectivity index (χ0n) is 8.32. The Morgan fingerprint density at radius 2 is 2.07 bits per heavy atom. The molecule has 0 unspecified atom stereocenters. The van der Waals surface area contributed by atoms with E-state index in [4.69, 9.17) is 0 Å². The van der Waals surface area contributed by atoms with Crippen molar-refractivity contribution in [3.05, 3.63) is 30.1 Å². The standard InChI is InChI=1S/C10H14N2O2/c1-10(2,14)9(13)12-7-8-3-5-11-6-4-8/h3-6,14H,7H2,1-2H3,(H,12,13). The van der Waals surface area contributed by atoms with E-state index in [2.05, 4.69) is 10.3 Å². The van der Waals surface area contributed by atoms with E-state index in [1.165, 1.54) is 13.8 Å². The Bertz CT molecular complexity index is 304. The second kappa shape index (κ2) is 4.19. The number of rotatable bonds is 3. The lowest BCUT2D eigenvalue weighted by atomic mass is 10.1. The van der Waals surface area contributed by atoms with Crippen molar-refractivity contribution in [2.45, 2.75) is 26.0 Å². The Kier molecular flexibility index (Phi) is 3.19. The van der Waals surface area contributed by atoms with Crippen LogP contribution in [0.1, 0.15) is 19.4 Å². The number of pyridine rings is 1. The van der Waals surface area contributed by atoms with Crippen LogP contribution in [-0.4, -0.2) is 21.6 Å². The highest BCUT2D eigenvalue weighted by molar-refractivity contribution is 5.83. The molecule has 4 nitrogen and oxygen atoms in total. The minimum Gasteiger partial charge on any atom is -0.381 e. The van der Waals surface area contributed by atoms with E-state index in [1.807, 2.05) is 12.1 Å². The Hall–Kier alpha value is -1.42. The molecule has 1 aromatic heterocycles. The van der Waals surface area contributed by atoms with Crippen molar-refractivity contribution >= 4 is 5.91 Å². The van der Waals surface area contributed by atoms with E-state index < -0.39 is 5.60 Å². The van der Waals surface area contributed by atoms with Crippen molar-refractivity contribution in [3.63, 3.8) is 0 Å². The first-order valence-corrected chi connectivity index (χ1v) is 4.40. The van der Waals surface area contributed by atoms with Gasteiger partial charge in [-0.05, 0) is 31.5 Å². The molecule has 1 rings (SSSR count). The molecular formula is C10H14N2O2. The van der Waals surface area contributed by atoms with Gasteiger partial charge in [0.25, 0.3) is 5.91 Å². The lowest BCUT2D eigenvalue weighted by molar-refractivity contribution is -0.136. The first kappa shape index (κ1) is 10.7. The zero-order chi connectivity index (χ0) is 10.6. The van der Waals surface area contributed by atoms with Crippen LogP contribution in [0.2, 0.25) is 0 Å². The molecule has 0 aliphatic carbocycles. The van der Waals surface area contributed by atoms with Gasteiger partial charge in [0.2, 0.25) is 0 Å². The molecule has 76 valence electrons. The minimum absolute atomic E-state index is 0.380. The number of aromatic nitrogens is 1. The van der Waals surface area contributed by atoms with E-state index in [1.54, 1.807) is 12.4 Å². The summed E-state index contributed by atoms with van der Waals surface area (Å²) in [5.74, 6) is -0.380. The Balaban J connectivity index is 2.46. The zero-order valence-corrected chi connectivity index (χ0v) is 8.32. The normalized spacial score (nSPS) is 11.1. The van der Waals surface area contributed by atoms with Crippen molar-refractivity contribution in [3.8, 4) is 0 Å². The number of hydrogen-bond acceptors (Lipinski definition) is 3. The van der Waals surface area contributed by atoms with E-state index in [0.717, 1.165) is 5.56 Å². The topological polar surface area (TPSA) is 62.2 Å². The maximum atomic E-state index is 11.3. The van der Waals surface area contributed by atoms with Gasteiger partial charge in [0.1, 0.15) is 5.60 Å². The van der Waals surface area contributed by atoms with Crippen LogP contribution in [0.15, 0.2) is 24.5 Å². The van der Waals surface area contributed by atoms with Crippen molar-refractivity contribution in [1.82, 2.24) is 10.3 Å². The first-order valence-electron chi connectivity index (χ1n) is 4.40. The van der Waals surface area contributed by atoms with Crippen LogP contribution >= 0.6 is 0 Å². The van der Waals surface area contributed by atoms with Crippen molar-refractivity contribution < 1.29 is 9.90 Å². The van der Waals surface area contributed by atoms with E-state index in [-0.39, 0.29) is 5.91 Å². The van der Waals surface area contributed by atoms with Gasteiger partial charge in [0.15, 0.2) is 0 Å². The summed E-state index contributed by atoms with van der Waals surface area (Å²) in [5, 5.41) is 12.0. The molecule has 0 aromatic carbocycles. The third-order valence-electron chi connectivity index (χ3n) is 1.76. The van der Waals surface area contributed by atoms with Gasteiger partial charge in [-0.1, -0.05) is 0 Å². The van der Waals surface area contributed by atoms with Crippen LogP contribution in [0.3, 0.4) is 0 Å². The third kappa shape index (κ3) is 3.14. The summed E-state index contributed by atoms with van der Waals surface area (Å²) < 4.78 is 0. The monoisotopic (exact) mass is 194 g/mol. The van der Waals surface area contributed by atoms with Gasteiger partial charge in [-0.2, -0.15) is 0 Å². The fourth-order valence-electron chi connectivity index (χ4n) is 0.899. The summed E-state index contributed by atoms with van der Waals surface area (Å²) in [6.45, 7) is 3.31. The van der Waals surface area contributed by atoms with Crippen LogP contribution in [0.25, 0.3) is 0 Å². The predicted octanol–water partition coefficient (Wildman–Crippen LogP) is 0.469. The van der Waals surface area contributed by atoms with Crippen molar-refractivity contribution in [2.75, 3.05) is 0 Å². The molecule has 4 heteroatoms. The van der Waals surface area contributed by atoms with Crippen LogP contribution in [0.5, 0.6) is 0 Å². The van der Waals surface area contributed by atoms with Crippen molar-refractivity contribution in [2.24, 2.45) is 0 Å². The average Bonchev–Trinajstić information content (AvgIpc) is 2.14. The number of carbonyl (C=O) groups is 1. The number of aliphatic hydroxyl groups is 1. The maximum absolute atomic E-state index is 11.3. The quantitative estimate of drug-likeness (QED) is 0.735. The Morgan fingerprint density at radius 1 is 1.50 bits per heavy atom. The van der Waals surface area contributed by atoms with Gasteiger partial charge in [-0.15, -0.1) is 0 Å². The largest absolute Gasteiger partial charge is 0.381 e. The fraction of sp³-hybridized carbons (Fsp3) is 0.400. The highest BCUT2D eigenvalue weighted by Gasteiger charge is 2.22. The summed E-state index contributed by atoms with van der Waals surface area (Å²) in [4.78, 5) is 15.1. The summed E-state index contributed by atoms with van der Waals surface area (Å²) in [5.41, 5.74) is -0.370. The van der Waals surface area contributed by atoms with E-state index in [9.17, 15) is 9.90 Å². The summed E-state index contributed by atoms with van der Waals surface area (Å²) in [7, 11) is 0. The minimum atomic E-state index is -1.33. The molecule has 0 fully saturated rings. The van der Waals surface area contributed by atoms with Crippen LogP contribution < -0.4 is 5.32 Å². The number of nitrogens with one attached hydrogen (secondary N) is 1. The van der Waals surface area contributed by atoms with Crippen molar-refractivity contribution in [1.29, 1.82) is 0 Å². The van der Waals surface area contributed by atoms with Gasteiger partial charge in [-0.3, -0.25) is 9.78 Å². The second-order valence-electron chi connectivity index (χ2n) is 3.60. The molecule has 0 saturated carbocycles. The second-order valence-corrected chi connectivity index (χ2v) is 3.60. The summed E-state index contributed by atoms with van der Waals surface area (Å²) >= 11 is 0. The van der Waals surface area contributed by atoms with Gasteiger partial charge in [0.05, 0.1) is 0 Å². The molecule has 1 amide bonds. The number of nitrogens with zero attached hydrogens (tertiary/aromatic N) is 1. The van der Waals surface area contributed by atoms with Gasteiger partial charge < -0.3 is 10.4 Å². The molecule has 0 atom stereocenters. The maximum Gasteiger partial charge on any atom is 0.251 e. The molecule has 14 heavy (non-hydrogen) atoms. The number of amides is 1. The van der Waals surface area contributed by atoms with Gasteiger partial charge in [-0.25, -0.2) is 0 Å². The fourth-order valence-corrected chi connectivity index (χ4v) is 0.899. The Labute approximate surface area is 83.0 Å². The Morgan fingerprint density at radius 3 is 2.57 bits per heavy atom. The molecule has 1 aromatic rings. The molecule has 0 aliphatic heterocycles. The smallest absolute Gasteiger partial charge is 0.251 e. The number of carbonyl (C=O) groups excluding carboxylic acids is 1. The highest BCUT2D eigenvalue weighted by atomic mass is 16.3. The molecule has 0 spiro atoms. The molecule has 2 N–H and O–H groups in total. The first-order chi connectivity index (χ1) is 6.50. The molecule has 0 saturated heterocycles. The van der Waals surface area contributed by atoms with Gasteiger partial charge >= 0.3 is 0 Å². The van der Waals surface area contributed by atoms with E-state index >= 15 is 0 Å².